The van der Waals surface area contributed by atoms with E-state index in [0.29, 0.717) is 12.2 Å². The van der Waals surface area contributed by atoms with Gasteiger partial charge in [-0.1, -0.05) is 50.3 Å². The van der Waals surface area contributed by atoms with E-state index in [1.807, 2.05) is 12.1 Å². The van der Waals surface area contributed by atoms with Crippen molar-refractivity contribution in [3.63, 3.8) is 0 Å². The summed E-state index contributed by atoms with van der Waals surface area (Å²) in [5.41, 5.74) is 1.55. The molecule has 10 heteroatoms. The lowest BCUT2D eigenvalue weighted by Gasteiger charge is -2.19. The van der Waals surface area contributed by atoms with Crippen LogP contribution in [-0.2, 0) is 16.7 Å². The summed E-state index contributed by atoms with van der Waals surface area (Å²) in [4.78, 5) is 27.0. The minimum absolute atomic E-state index is 0.0688. The van der Waals surface area contributed by atoms with Crippen molar-refractivity contribution in [2.24, 2.45) is 0 Å². The Morgan fingerprint density at radius 3 is 2.53 bits per heavy atom. The average molecular weight is 441 g/mol. The van der Waals surface area contributed by atoms with E-state index < -0.39 is 29.7 Å². The molecule has 1 aliphatic rings. The summed E-state index contributed by atoms with van der Waals surface area (Å²) in [5, 5.41) is 27.4. The van der Waals surface area contributed by atoms with Crippen molar-refractivity contribution in [1.29, 1.82) is 0 Å². The van der Waals surface area contributed by atoms with E-state index in [9.17, 15) is 19.8 Å². The van der Waals surface area contributed by atoms with Gasteiger partial charge in [0.25, 0.3) is 5.56 Å². The first-order chi connectivity index (χ1) is 15.2. The molecule has 1 fully saturated rings. The fourth-order valence-electron chi connectivity index (χ4n) is 3.73. The smallest absolute Gasteiger partial charge is 0.330 e. The van der Waals surface area contributed by atoms with Gasteiger partial charge in [-0.25, -0.2) is 9.48 Å². The number of rotatable bonds is 5. The van der Waals surface area contributed by atoms with Gasteiger partial charge in [0.05, 0.1) is 31.0 Å². The number of aliphatic hydroxyl groups excluding tert-OH is 2. The third kappa shape index (κ3) is 4.43. The fraction of sp³-hybridized carbons (Fsp3) is 0.455. The van der Waals surface area contributed by atoms with E-state index in [1.54, 1.807) is 10.9 Å². The molecule has 1 aliphatic heterocycles. The molecule has 170 valence electrons. The van der Waals surface area contributed by atoms with E-state index in [0.717, 1.165) is 5.56 Å². The average Bonchev–Trinajstić information content (AvgIpc) is 3.34. The van der Waals surface area contributed by atoms with Gasteiger partial charge in [0.1, 0.15) is 18.0 Å². The molecule has 3 heterocycles. The van der Waals surface area contributed by atoms with Crippen LogP contribution < -0.4 is 11.2 Å². The third-order valence-corrected chi connectivity index (χ3v) is 5.64. The Kier molecular flexibility index (Phi) is 5.85. The van der Waals surface area contributed by atoms with Crippen LogP contribution in [0, 0.1) is 0 Å². The van der Waals surface area contributed by atoms with Crippen LogP contribution in [-0.4, -0.2) is 53.6 Å². The van der Waals surface area contributed by atoms with E-state index >= 15 is 0 Å². The molecule has 0 unspecified atom stereocenters. The number of ether oxygens (including phenoxy) is 1. The standard InChI is InChI=1S/C22H27N5O5/c1-22(2,3)14-6-4-13(5-7-14)9-26-11-16(24-25-26)15-10-27(21(31)23-20(15)30)19-8-17(29)18(12-28)32-19/h4-7,10-11,17-19,28-29H,8-9,12H2,1-3H3,(H,23,30,31)/t17-,18+,19+/m0/s1. The third-order valence-electron chi connectivity index (χ3n) is 5.64. The van der Waals surface area contributed by atoms with Crippen LogP contribution in [0.5, 0.6) is 0 Å². The maximum Gasteiger partial charge on any atom is 0.330 e. The van der Waals surface area contributed by atoms with Crippen LogP contribution in [0.2, 0.25) is 0 Å². The number of H-pyrrole nitrogens is 1. The predicted molar refractivity (Wildman–Crippen MR) is 116 cm³/mol. The molecule has 0 radical (unpaired) electrons. The number of aliphatic hydroxyl groups is 2. The van der Waals surface area contributed by atoms with Gasteiger partial charge in [0, 0.05) is 12.6 Å². The first kappa shape index (κ1) is 22.1. The van der Waals surface area contributed by atoms with Crippen molar-refractivity contribution in [3.05, 3.63) is 68.6 Å². The van der Waals surface area contributed by atoms with Crippen molar-refractivity contribution in [3.8, 4) is 11.3 Å². The summed E-state index contributed by atoms with van der Waals surface area (Å²) in [6.07, 6.45) is 0.614. The molecule has 0 spiro atoms. The largest absolute Gasteiger partial charge is 0.394 e. The summed E-state index contributed by atoms with van der Waals surface area (Å²) in [6, 6.07) is 8.25. The number of hydrogen-bond acceptors (Lipinski definition) is 7. The zero-order valence-corrected chi connectivity index (χ0v) is 18.2. The Balaban J connectivity index is 1.57. The van der Waals surface area contributed by atoms with Gasteiger partial charge in [-0.3, -0.25) is 14.3 Å². The highest BCUT2D eigenvalue weighted by molar-refractivity contribution is 5.54. The highest BCUT2D eigenvalue weighted by Crippen LogP contribution is 2.28. The van der Waals surface area contributed by atoms with Crippen molar-refractivity contribution in [2.45, 2.75) is 57.6 Å². The molecule has 0 saturated carbocycles. The first-order valence-electron chi connectivity index (χ1n) is 10.5. The molecule has 3 aromatic rings. The molecule has 32 heavy (non-hydrogen) atoms. The van der Waals surface area contributed by atoms with Crippen LogP contribution in [0.25, 0.3) is 11.3 Å². The van der Waals surface area contributed by atoms with E-state index in [1.165, 1.54) is 16.3 Å². The Morgan fingerprint density at radius 1 is 1.19 bits per heavy atom. The number of nitrogens with zero attached hydrogens (tertiary/aromatic N) is 4. The topological polar surface area (TPSA) is 135 Å². The molecular formula is C22H27N5O5. The van der Waals surface area contributed by atoms with Crippen molar-refractivity contribution < 1.29 is 14.9 Å². The van der Waals surface area contributed by atoms with Gasteiger partial charge >= 0.3 is 5.69 Å². The Hall–Kier alpha value is -3.08. The molecule has 0 bridgehead atoms. The zero-order chi connectivity index (χ0) is 23.0. The number of nitrogens with one attached hydrogen (secondary N) is 1. The lowest BCUT2D eigenvalue weighted by atomic mass is 9.87. The lowest BCUT2D eigenvalue weighted by Crippen LogP contribution is -2.33. The highest BCUT2D eigenvalue weighted by Gasteiger charge is 2.35. The van der Waals surface area contributed by atoms with Crippen LogP contribution in [0.15, 0.2) is 46.2 Å². The quantitative estimate of drug-likeness (QED) is 0.532. The predicted octanol–water partition coefficient (Wildman–Crippen LogP) is 0.782. The first-order valence-corrected chi connectivity index (χ1v) is 10.5. The van der Waals surface area contributed by atoms with Crippen molar-refractivity contribution in [1.82, 2.24) is 24.5 Å². The van der Waals surface area contributed by atoms with Gasteiger partial charge in [-0.15, -0.1) is 5.10 Å². The van der Waals surface area contributed by atoms with Crippen LogP contribution in [0.3, 0.4) is 0 Å². The molecule has 3 N–H and O–H groups in total. The second kappa shape index (κ2) is 8.45. The second-order valence-corrected chi connectivity index (χ2v) is 9.07. The fourth-order valence-corrected chi connectivity index (χ4v) is 3.73. The Labute approximate surface area is 184 Å². The molecule has 4 rings (SSSR count). The molecule has 1 aromatic carbocycles. The molecule has 2 aromatic heterocycles. The summed E-state index contributed by atoms with van der Waals surface area (Å²) >= 11 is 0. The number of aromatic nitrogens is 5. The van der Waals surface area contributed by atoms with Crippen LogP contribution >= 0.6 is 0 Å². The summed E-state index contributed by atoms with van der Waals surface area (Å²) < 4.78 is 8.35. The maximum absolute atomic E-state index is 12.4. The molecule has 0 aliphatic carbocycles. The van der Waals surface area contributed by atoms with Crippen molar-refractivity contribution >= 4 is 0 Å². The SMILES string of the molecule is CC(C)(C)c1ccc(Cn2cc(-c3cn([C@H]4C[C@H](O)[C@@H](CO)O4)c(=O)[nH]c3=O)nn2)cc1. The maximum atomic E-state index is 12.4. The zero-order valence-electron chi connectivity index (χ0n) is 18.2. The highest BCUT2D eigenvalue weighted by atomic mass is 16.5. The monoisotopic (exact) mass is 441 g/mol. The summed E-state index contributed by atoms with van der Waals surface area (Å²) in [5.74, 6) is 0. The summed E-state index contributed by atoms with van der Waals surface area (Å²) in [7, 11) is 0. The molecule has 1 saturated heterocycles. The minimum Gasteiger partial charge on any atom is -0.394 e. The van der Waals surface area contributed by atoms with Crippen molar-refractivity contribution in [2.75, 3.05) is 6.61 Å². The van der Waals surface area contributed by atoms with E-state index in [-0.39, 0.29) is 24.0 Å². The Bertz CT molecular complexity index is 1200. The van der Waals surface area contributed by atoms with Gasteiger partial charge in [-0.2, -0.15) is 0 Å². The number of hydrogen-bond donors (Lipinski definition) is 3. The number of benzene rings is 1. The molecule has 0 amide bonds. The van der Waals surface area contributed by atoms with Gasteiger partial charge in [0.2, 0.25) is 0 Å². The van der Waals surface area contributed by atoms with Crippen LogP contribution in [0.4, 0.5) is 0 Å². The normalized spacial score (nSPS) is 21.2. The van der Waals surface area contributed by atoms with Gasteiger partial charge < -0.3 is 14.9 Å². The van der Waals surface area contributed by atoms with E-state index in [2.05, 4.69) is 48.2 Å². The lowest BCUT2D eigenvalue weighted by molar-refractivity contribution is -0.0458. The second-order valence-electron chi connectivity index (χ2n) is 9.07. The number of aromatic amines is 1. The molecular weight excluding hydrogens is 414 g/mol. The van der Waals surface area contributed by atoms with Gasteiger partial charge in [0.15, 0.2) is 0 Å². The Morgan fingerprint density at radius 2 is 1.91 bits per heavy atom. The minimum atomic E-state index is -0.905. The van der Waals surface area contributed by atoms with Gasteiger partial charge in [-0.05, 0) is 16.5 Å². The molecule has 3 atom stereocenters. The van der Waals surface area contributed by atoms with Crippen LogP contribution in [0.1, 0.15) is 44.5 Å². The molecule has 10 nitrogen and oxygen atoms in total. The van der Waals surface area contributed by atoms with E-state index in [4.69, 9.17) is 4.74 Å². The summed E-state index contributed by atoms with van der Waals surface area (Å²) in [6.45, 7) is 6.58.